The first-order chi connectivity index (χ1) is 13.4. The lowest BCUT2D eigenvalue weighted by molar-refractivity contribution is -0.177. The van der Waals surface area contributed by atoms with Crippen LogP contribution in [0.15, 0.2) is 48.5 Å². The van der Waals surface area contributed by atoms with Crippen molar-refractivity contribution in [1.29, 1.82) is 0 Å². The van der Waals surface area contributed by atoms with Gasteiger partial charge in [0.25, 0.3) is 5.91 Å². The second-order valence-electron chi connectivity index (χ2n) is 6.83. The van der Waals surface area contributed by atoms with Crippen LogP contribution in [0.5, 0.6) is 0 Å². The molecular weight excluding hydrogens is 399 g/mol. The predicted molar refractivity (Wildman–Crippen MR) is 112 cm³/mol. The third-order valence-corrected chi connectivity index (χ3v) is 5.29. The first-order valence-electron chi connectivity index (χ1n) is 9.19. The maximum atomic E-state index is 12.6. The number of aliphatic hydroxyl groups is 1. The van der Waals surface area contributed by atoms with Gasteiger partial charge in [-0.2, -0.15) is 0 Å². The zero-order valence-electron chi connectivity index (χ0n) is 15.9. The summed E-state index contributed by atoms with van der Waals surface area (Å²) in [6.07, 6.45) is 1.36. The van der Waals surface area contributed by atoms with Gasteiger partial charge in [-0.3, -0.25) is 10.0 Å². The van der Waals surface area contributed by atoms with Gasteiger partial charge in [0.2, 0.25) is 0 Å². The van der Waals surface area contributed by atoms with E-state index >= 15 is 0 Å². The minimum atomic E-state index is -0.408. The number of hydrogen-bond donors (Lipinski definition) is 2. The average Bonchev–Trinajstić information content (AvgIpc) is 2.68. The van der Waals surface area contributed by atoms with Crippen molar-refractivity contribution in [1.82, 2.24) is 9.96 Å². The molecule has 2 N–H and O–H groups in total. The topological polar surface area (TPSA) is 64.0 Å². The molecule has 0 aliphatic rings. The molecule has 0 saturated heterocycles. The first kappa shape index (κ1) is 22.7. The van der Waals surface area contributed by atoms with Gasteiger partial charge in [0.1, 0.15) is 0 Å². The molecule has 0 bridgehead atoms. The summed E-state index contributed by atoms with van der Waals surface area (Å²) in [6, 6.07) is 14.5. The van der Waals surface area contributed by atoms with E-state index in [0.29, 0.717) is 35.1 Å². The molecule has 0 aromatic heterocycles. The predicted octanol–water partition coefficient (Wildman–Crippen LogP) is 3.68. The van der Waals surface area contributed by atoms with Crippen LogP contribution in [0.3, 0.4) is 0 Å². The van der Waals surface area contributed by atoms with Crippen molar-refractivity contribution in [3.63, 3.8) is 0 Å². The SMILES string of the molecule is CN(CCO)CC(CCc1ccccc1)N(O)C(=O)Cc1ccc(Cl)c(Cl)c1. The summed E-state index contributed by atoms with van der Waals surface area (Å²) >= 11 is 11.9. The highest BCUT2D eigenvalue weighted by Gasteiger charge is 2.24. The molecule has 2 aromatic carbocycles. The Balaban J connectivity index is 2.05. The lowest BCUT2D eigenvalue weighted by atomic mass is 10.0. The van der Waals surface area contributed by atoms with Gasteiger partial charge < -0.3 is 10.0 Å². The molecule has 1 amide bonds. The van der Waals surface area contributed by atoms with Gasteiger partial charge in [0.05, 0.1) is 29.1 Å². The molecule has 5 nitrogen and oxygen atoms in total. The Labute approximate surface area is 176 Å². The van der Waals surface area contributed by atoms with Crippen LogP contribution in [0.2, 0.25) is 10.0 Å². The number of rotatable bonds is 10. The van der Waals surface area contributed by atoms with Gasteiger partial charge in [-0.05, 0) is 43.1 Å². The number of halogens is 2. The largest absolute Gasteiger partial charge is 0.395 e. The lowest BCUT2D eigenvalue weighted by Crippen LogP contribution is -2.45. The Morgan fingerprint density at radius 1 is 1.07 bits per heavy atom. The molecule has 0 spiro atoms. The molecule has 1 atom stereocenters. The lowest BCUT2D eigenvalue weighted by Gasteiger charge is -2.30. The summed E-state index contributed by atoms with van der Waals surface area (Å²) in [5.41, 5.74) is 1.83. The fourth-order valence-corrected chi connectivity index (χ4v) is 3.32. The van der Waals surface area contributed by atoms with Gasteiger partial charge >= 0.3 is 0 Å². The van der Waals surface area contributed by atoms with Crippen LogP contribution in [-0.4, -0.2) is 59.0 Å². The smallest absolute Gasteiger partial charge is 0.250 e. The maximum Gasteiger partial charge on any atom is 0.250 e. The van der Waals surface area contributed by atoms with Crippen molar-refractivity contribution in [3.8, 4) is 0 Å². The number of likely N-dealkylation sites (N-methyl/N-ethyl adjacent to an activating group) is 1. The number of benzene rings is 2. The minimum Gasteiger partial charge on any atom is -0.395 e. The van der Waals surface area contributed by atoms with Crippen molar-refractivity contribution in [2.45, 2.75) is 25.3 Å². The molecule has 0 radical (unpaired) electrons. The number of carbonyl (C=O) groups is 1. The Morgan fingerprint density at radius 2 is 1.79 bits per heavy atom. The van der Waals surface area contributed by atoms with Crippen LogP contribution >= 0.6 is 23.2 Å². The molecule has 1 unspecified atom stereocenters. The zero-order valence-corrected chi connectivity index (χ0v) is 17.4. The molecule has 0 fully saturated rings. The van der Waals surface area contributed by atoms with Gasteiger partial charge in [0, 0.05) is 13.1 Å². The highest BCUT2D eigenvalue weighted by atomic mass is 35.5. The highest BCUT2D eigenvalue weighted by molar-refractivity contribution is 6.42. The van der Waals surface area contributed by atoms with Crippen molar-refractivity contribution >= 4 is 29.1 Å². The molecule has 2 aromatic rings. The number of amides is 1. The Kier molecular flexibility index (Phi) is 9.22. The van der Waals surface area contributed by atoms with Crippen LogP contribution in [0.1, 0.15) is 17.5 Å². The summed E-state index contributed by atoms with van der Waals surface area (Å²) in [5, 5.41) is 21.3. The van der Waals surface area contributed by atoms with Crippen LogP contribution in [0.4, 0.5) is 0 Å². The number of hydrogen-bond acceptors (Lipinski definition) is 4. The van der Waals surface area contributed by atoms with Crippen molar-refractivity contribution in [2.24, 2.45) is 0 Å². The van der Waals surface area contributed by atoms with Gasteiger partial charge in [-0.15, -0.1) is 0 Å². The second kappa shape index (κ2) is 11.4. The second-order valence-corrected chi connectivity index (χ2v) is 7.64. The molecule has 7 heteroatoms. The van der Waals surface area contributed by atoms with Crippen LogP contribution < -0.4 is 0 Å². The summed E-state index contributed by atoms with van der Waals surface area (Å²) in [6.45, 7) is 0.943. The fourth-order valence-electron chi connectivity index (χ4n) is 3.00. The van der Waals surface area contributed by atoms with Crippen LogP contribution in [-0.2, 0) is 17.6 Å². The third kappa shape index (κ3) is 7.08. The van der Waals surface area contributed by atoms with E-state index in [2.05, 4.69) is 0 Å². The fraction of sp³-hybridized carbons (Fsp3) is 0.381. The summed E-state index contributed by atoms with van der Waals surface area (Å²) in [7, 11) is 1.85. The van der Waals surface area contributed by atoms with E-state index in [1.165, 1.54) is 0 Å². The highest BCUT2D eigenvalue weighted by Crippen LogP contribution is 2.23. The Morgan fingerprint density at radius 3 is 2.43 bits per heavy atom. The van der Waals surface area contributed by atoms with E-state index in [9.17, 15) is 10.0 Å². The third-order valence-electron chi connectivity index (χ3n) is 4.55. The van der Waals surface area contributed by atoms with Gasteiger partial charge in [0.15, 0.2) is 0 Å². The molecule has 0 saturated carbocycles. The monoisotopic (exact) mass is 424 g/mol. The normalized spacial score (nSPS) is 12.2. The maximum absolute atomic E-state index is 12.6. The molecule has 152 valence electrons. The molecule has 0 heterocycles. The van der Waals surface area contributed by atoms with E-state index < -0.39 is 11.9 Å². The van der Waals surface area contributed by atoms with E-state index in [0.717, 1.165) is 17.0 Å². The minimum absolute atomic E-state index is 0.0184. The van der Waals surface area contributed by atoms with Gasteiger partial charge in [-0.25, -0.2) is 5.06 Å². The molecule has 0 aliphatic heterocycles. The standard InChI is InChI=1S/C21H26Cl2N2O3/c1-24(11-12-26)15-18(9-7-16-5-3-2-4-6-16)25(28)21(27)14-17-8-10-19(22)20(23)13-17/h2-6,8,10,13,18,26,28H,7,9,11-12,14-15H2,1H3. The van der Waals surface area contributed by atoms with E-state index in [-0.39, 0.29) is 13.0 Å². The number of nitrogens with zero attached hydrogens (tertiary/aromatic N) is 2. The number of aliphatic hydroxyl groups excluding tert-OH is 1. The zero-order chi connectivity index (χ0) is 20.5. The van der Waals surface area contributed by atoms with Crippen molar-refractivity contribution < 1.29 is 15.1 Å². The summed E-state index contributed by atoms with van der Waals surface area (Å²) < 4.78 is 0. The Bertz CT molecular complexity index is 759. The number of aryl methyl sites for hydroxylation is 1. The molecule has 28 heavy (non-hydrogen) atoms. The first-order valence-corrected chi connectivity index (χ1v) is 9.94. The molecule has 0 aliphatic carbocycles. The quantitative estimate of drug-likeness (QED) is 0.450. The molecular formula is C21H26Cl2N2O3. The van der Waals surface area contributed by atoms with E-state index in [1.807, 2.05) is 42.3 Å². The summed E-state index contributed by atoms with van der Waals surface area (Å²) in [5.74, 6) is -0.408. The number of hydroxylamine groups is 2. The average molecular weight is 425 g/mol. The molecule has 2 rings (SSSR count). The number of carbonyl (C=O) groups excluding carboxylic acids is 1. The van der Waals surface area contributed by atoms with E-state index in [4.69, 9.17) is 28.3 Å². The van der Waals surface area contributed by atoms with Gasteiger partial charge in [-0.1, -0.05) is 59.6 Å². The Hall–Kier alpha value is -1.63. The van der Waals surface area contributed by atoms with E-state index in [1.54, 1.807) is 18.2 Å². The summed E-state index contributed by atoms with van der Waals surface area (Å²) in [4.78, 5) is 14.5. The van der Waals surface area contributed by atoms with Crippen LogP contribution in [0.25, 0.3) is 0 Å². The van der Waals surface area contributed by atoms with Crippen molar-refractivity contribution in [2.75, 3.05) is 26.7 Å². The van der Waals surface area contributed by atoms with Crippen LogP contribution in [0, 0.1) is 0 Å². The van der Waals surface area contributed by atoms with Crippen molar-refractivity contribution in [3.05, 3.63) is 69.7 Å².